The standard InChI is InChI=1S/C18H19N5O/c1-12-2-7-17-22-15(11-23(17)10-12)9-20-18(24)13-3-6-16(19-8-13)21-14-4-5-14/h2-3,6-8,10-11,14H,4-5,9H2,1H3,(H,19,21)(H,20,24). The lowest BCUT2D eigenvalue weighted by atomic mass is 10.2. The molecule has 0 aliphatic heterocycles. The monoisotopic (exact) mass is 321 g/mol. The fraction of sp³-hybridized carbons (Fsp3) is 0.278. The number of amides is 1. The molecule has 24 heavy (non-hydrogen) atoms. The normalized spacial score (nSPS) is 13.9. The molecule has 3 aromatic heterocycles. The third kappa shape index (κ3) is 3.22. The molecular formula is C18H19N5O. The minimum atomic E-state index is -0.145. The summed E-state index contributed by atoms with van der Waals surface area (Å²) in [5.41, 5.74) is 3.42. The molecule has 1 saturated carbocycles. The third-order valence-corrected chi connectivity index (χ3v) is 4.03. The summed E-state index contributed by atoms with van der Waals surface area (Å²) in [5.74, 6) is 0.679. The van der Waals surface area contributed by atoms with E-state index in [1.807, 2.05) is 41.9 Å². The summed E-state index contributed by atoms with van der Waals surface area (Å²) in [7, 11) is 0. The van der Waals surface area contributed by atoms with Crippen LogP contribution >= 0.6 is 0 Å². The maximum absolute atomic E-state index is 12.2. The fourth-order valence-electron chi connectivity index (χ4n) is 2.56. The van der Waals surface area contributed by atoms with Crippen LogP contribution in [-0.4, -0.2) is 26.3 Å². The molecule has 2 N–H and O–H groups in total. The minimum absolute atomic E-state index is 0.145. The first kappa shape index (κ1) is 14.7. The van der Waals surface area contributed by atoms with Crippen LogP contribution in [-0.2, 0) is 6.54 Å². The summed E-state index contributed by atoms with van der Waals surface area (Å²) < 4.78 is 1.97. The van der Waals surface area contributed by atoms with E-state index in [0.717, 1.165) is 17.2 Å². The Labute approximate surface area is 139 Å². The minimum Gasteiger partial charge on any atom is -0.367 e. The van der Waals surface area contributed by atoms with Gasteiger partial charge < -0.3 is 15.0 Å². The molecule has 1 amide bonds. The first-order chi connectivity index (χ1) is 11.7. The van der Waals surface area contributed by atoms with Gasteiger partial charge in [0.1, 0.15) is 11.5 Å². The van der Waals surface area contributed by atoms with Crippen molar-refractivity contribution in [3.05, 3.63) is 59.7 Å². The zero-order valence-corrected chi connectivity index (χ0v) is 13.5. The molecule has 0 radical (unpaired) electrons. The summed E-state index contributed by atoms with van der Waals surface area (Å²) in [4.78, 5) is 21.0. The fourth-order valence-corrected chi connectivity index (χ4v) is 2.56. The van der Waals surface area contributed by atoms with E-state index in [1.54, 1.807) is 12.3 Å². The van der Waals surface area contributed by atoms with E-state index in [4.69, 9.17) is 0 Å². The number of fused-ring (bicyclic) bond motifs is 1. The highest BCUT2D eigenvalue weighted by molar-refractivity contribution is 5.93. The molecule has 3 aromatic rings. The molecular weight excluding hydrogens is 302 g/mol. The van der Waals surface area contributed by atoms with Crippen molar-refractivity contribution in [3.8, 4) is 0 Å². The van der Waals surface area contributed by atoms with E-state index in [1.165, 1.54) is 18.4 Å². The third-order valence-electron chi connectivity index (χ3n) is 4.03. The van der Waals surface area contributed by atoms with E-state index in [2.05, 4.69) is 20.6 Å². The molecule has 0 bridgehead atoms. The van der Waals surface area contributed by atoms with Gasteiger partial charge in [0.25, 0.3) is 5.91 Å². The lowest BCUT2D eigenvalue weighted by Gasteiger charge is -2.05. The maximum atomic E-state index is 12.2. The SMILES string of the molecule is Cc1ccc2nc(CNC(=O)c3ccc(NC4CC4)nc3)cn2c1. The van der Waals surface area contributed by atoms with Crippen LogP contribution in [0.25, 0.3) is 5.65 Å². The van der Waals surface area contributed by atoms with Crippen LogP contribution in [0.1, 0.15) is 34.5 Å². The number of hydrogen-bond acceptors (Lipinski definition) is 4. The Morgan fingerprint density at radius 3 is 2.88 bits per heavy atom. The highest BCUT2D eigenvalue weighted by Gasteiger charge is 2.21. The van der Waals surface area contributed by atoms with Crippen molar-refractivity contribution in [3.63, 3.8) is 0 Å². The molecule has 4 rings (SSSR count). The number of aryl methyl sites for hydroxylation is 1. The van der Waals surface area contributed by atoms with Crippen LogP contribution in [0, 0.1) is 6.92 Å². The zero-order valence-electron chi connectivity index (χ0n) is 13.5. The summed E-state index contributed by atoms with van der Waals surface area (Å²) in [5, 5.41) is 6.19. The number of anilines is 1. The van der Waals surface area contributed by atoms with Gasteiger partial charge in [-0.25, -0.2) is 9.97 Å². The van der Waals surface area contributed by atoms with Gasteiger partial charge in [-0.3, -0.25) is 4.79 Å². The largest absolute Gasteiger partial charge is 0.367 e. The van der Waals surface area contributed by atoms with Crippen molar-refractivity contribution in [2.24, 2.45) is 0 Å². The Balaban J connectivity index is 1.39. The molecule has 1 fully saturated rings. The average Bonchev–Trinajstić information content (AvgIpc) is 3.30. The van der Waals surface area contributed by atoms with Gasteiger partial charge >= 0.3 is 0 Å². The Morgan fingerprint density at radius 2 is 2.12 bits per heavy atom. The number of nitrogens with zero attached hydrogens (tertiary/aromatic N) is 3. The highest BCUT2D eigenvalue weighted by atomic mass is 16.1. The summed E-state index contributed by atoms with van der Waals surface area (Å²) in [6.45, 7) is 2.43. The molecule has 0 atom stereocenters. The molecule has 6 heteroatoms. The van der Waals surface area contributed by atoms with Crippen LogP contribution in [0.2, 0.25) is 0 Å². The van der Waals surface area contributed by atoms with Crippen molar-refractivity contribution < 1.29 is 4.79 Å². The molecule has 1 aliphatic carbocycles. The van der Waals surface area contributed by atoms with Crippen LogP contribution in [0.15, 0.2) is 42.9 Å². The predicted octanol–water partition coefficient (Wildman–Crippen LogP) is 2.54. The van der Waals surface area contributed by atoms with E-state index in [-0.39, 0.29) is 5.91 Å². The quantitative estimate of drug-likeness (QED) is 0.757. The summed E-state index contributed by atoms with van der Waals surface area (Å²) >= 11 is 0. The van der Waals surface area contributed by atoms with Gasteiger partial charge in [0.2, 0.25) is 0 Å². The molecule has 3 heterocycles. The molecule has 0 unspecified atom stereocenters. The number of pyridine rings is 2. The second-order valence-corrected chi connectivity index (χ2v) is 6.24. The predicted molar refractivity (Wildman–Crippen MR) is 92.0 cm³/mol. The van der Waals surface area contributed by atoms with Gasteiger partial charge in [-0.15, -0.1) is 0 Å². The molecule has 0 aromatic carbocycles. The van der Waals surface area contributed by atoms with Crippen molar-refractivity contribution >= 4 is 17.4 Å². The molecule has 0 spiro atoms. The second kappa shape index (κ2) is 5.96. The van der Waals surface area contributed by atoms with Gasteiger partial charge in [-0.1, -0.05) is 6.07 Å². The Morgan fingerprint density at radius 1 is 1.25 bits per heavy atom. The van der Waals surface area contributed by atoms with Gasteiger partial charge in [-0.05, 0) is 43.5 Å². The first-order valence-electron chi connectivity index (χ1n) is 8.12. The lowest BCUT2D eigenvalue weighted by Crippen LogP contribution is -2.23. The molecule has 122 valence electrons. The van der Waals surface area contributed by atoms with Crippen molar-refractivity contribution in [1.29, 1.82) is 0 Å². The molecule has 0 saturated heterocycles. The summed E-state index contributed by atoms with van der Waals surface area (Å²) in [6.07, 6.45) is 7.95. The number of aromatic nitrogens is 3. The van der Waals surface area contributed by atoms with Gasteiger partial charge in [0.05, 0.1) is 17.8 Å². The highest BCUT2D eigenvalue weighted by Crippen LogP contribution is 2.23. The lowest BCUT2D eigenvalue weighted by molar-refractivity contribution is 0.0950. The van der Waals surface area contributed by atoms with Crippen LogP contribution in [0.4, 0.5) is 5.82 Å². The van der Waals surface area contributed by atoms with Crippen molar-refractivity contribution in [2.75, 3.05) is 5.32 Å². The van der Waals surface area contributed by atoms with E-state index >= 15 is 0 Å². The van der Waals surface area contributed by atoms with E-state index in [9.17, 15) is 4.79 Å². The zero-order chi connectivity index (χ0) is 16.5. The molecule has 1 aliphatic rings. The van der Waals surface area contributed by atoms with Crippen LogP contribution in [0.3, 0.4) is 0 Å². The van der Waals surface area contributed by atoms with Gasteiger partial charge in [0.15, 0.2) is 0 Å². The number of imidazole rings is 1. The number of nitrogens with one attached hydrogen (secondary N) is 2. The number of carbonyl (C=O) groups is 1. The van der Waals surface area contributed by atoms with Crippen molar-refractivity contribution in [1.82, 2.24) is 19.7 Å². The molecule has 6 nitrogen and oxygen atoms in total. The first-order valence-corrected chi connectivity index (χ1v) is 8.12. The van der Waals surface area contributed by atoms with Gasteiger partial charge in [-0.2, -0.15) is 0 Å². The number of hydrogen-bond donors (Lipinski definition) is 2. The topological polar surface area (TPSA) is 71.3 Å². The number of carbonyl (C=O) groups excluding carboxylic acids is 1. The Bertz CT molecular complexity index is 880. The Hall–Kier alpha value is -2.89. The van der Waals surface area contributed by atoms with Crippen LogP contribution in [0.5, 0.6) is 0 Å². The van der Waals surface area contributed by atoms with Crippen molar-refractivity contribution in [2.45, 2.75) is 32.4 Å². The average molecular weight is 321 g/mol. The smallest absolute Gasteiger partial charge is 0.253 e. The second-order valence-electron chi connectivity index (χ2n) is 6.24. The van der Waals surface area contributed by atoms with Gasteiger partial charge in [0, 0.05) is 24.6 Å². The van der Waals surface area contributed by atoms with E-state index < -0.39 is 0 Å². The maximum Gasteiger partial charge on any atom is 0.253 e. The summed E-state index contributed by atoms with van der Waals surface area (Å²) in [6, 6.07) is 8.18. The number of rotatable bonds is 5. The van der Waals surface area contributed by atoms with Crippen LogP contribution < -0.4 is 10.6 Å². The Kier molecular flexibility index (Phi) is 3.65. The van der Waals surface area contributed by atoms with E-state index in [0.29, 0.717) is 18.2 Å².